The molecule has 0 bridgehead atoms. The van der Waals surface area contributed by atoms with E-state index < -0.39 is 18.2 Å². The fourth-order valence-corrected chi connectivity index (χ4v) is 4.41. The molecule has 5 rings (SSSR count). The van der Waals surface area contributed by atoms with E-state index in [1.807, 2.05) is 19.9 Å². The Hall–Kier alpha value is -5.33. The van der Waals surface area contributed by atoms with Crippen molar-refractivity contribution in [2.24, 2.45) is 0 Å². The second kappa shape index (κ2) is 12.0. The molecular formula is C29H30N8O5. The highest BCUT2D eigenvalue weighted by Crippen LogP contribution is 2.28. The maximum Gasteiger partial charge on any atom is 0.407 e. The zero-order valence-corrected chi connectivity index (χ0v) is 23.3. The fourth-order valence-electron chi connectivity index (χ4n) is 4.41. The normalized spacial score (nSPS) is 14.1. The van der Waals surface area contributed by atoms with Gasteiger partial charge in [0.15, 0.2) is 5.82 Å². The number of hydrogen-bond acceptors (Lipinski definition) is 10. The number of esters is 1. The van der Waals surface area contributed by atoms with Crippen LogP contribution in [-0.2, 0) is 9.53 Å². The van der Waals surface area contributed by atoms with Gasteiger partial charge in [-0.1, -0.05) is 18.2 Å². The number of piperazine rings is 1. The van der Waals surface area contributed by atoms with Crippen molar-refractivity contribution in [3.63, 3.8) is 0 Å². The number of anilines is 4. The summed E-state index contributed by atoms with van der Waals surface area (Å²) in [6, 6.07) is 14.0. The van der Waals surface area contributed by atoms with Gasteiger partial charge in [-0.25, -0.2) is 29.5 Å². The first-order chi connectivity index (χ1) is 20.2. The Balaban J connectivity index is 1.34. The Morgan fingerprint density at radius 3 is 2.45 bits per heavy atom. The van der Waals surface area contributed by atoms with Crippen molar-refractivity contribution in [2.45, 2.75) is 32.9 Å². The molecule has 13 heteroatoms. The predicted molar refractivity (Wildman–Crippen MR) is 156 cm³/mol. The van der Waals surface area contributed by atoms with Gasteiger partial charge >= 0.3 is 12.1 Å². The summed E-state index contributed by atoms with van der Waals surface area (Å²) in [5.74, 6) is 0.514. The van der Waals surface area contributed by atoms with Gasteiger partial charge < -0.3 is 25.4 Å². The molecule has 216 valence electrons. The highest BCUT2D eigenvalue weighted by atomic mass is 16.5. The maximum atomic E-state index is 12.6. The summed E-state index contributed by atoms with van der Waals surface area (Å²) < 4.78 is 5.67. The van der Waals surface area contributed by atoms with E-state index in [-0.39, 0.29) is 31.6 Å². The van der Waals surface area contributed by atoms with Gasteiger partial charge in [0.2, 0.25) is 11.9 Å². The molecule has 1 aromatic carbocycles. The van der Waals surface area contributed by atoms with Gasteiger partial charge in [-0.15, -0.1) is 0 Å². The molecule has 42 heavy (non-hydrogen) atoms. The molecule has 1 aliphatic heterocycles. The van der Waals surface area contributed by atoms with Crippen LogP contribution in [0.4, 0.5) is 28.1 Å². The molecule has 0 spiro atoms. The van der Waals surface area contributed by atoms with Crippen LogP contribution in [0.15, 0.2) is 60.9 Å². The number of nitrogens with one attached hydrogen (secondary N) is 2. The lowest BCUT2D eigenvalue weighted by Gasteiger charge is -2.32. The van der Waals surface area contributed by atoms with E-state index in [1.165, 1.54) is 11.1 Å². The van der Waals surface area contributed by atoms with Crippen molar-refractivity contribution in [1.29, 1.82) is 0 Å². The lowest BCUT2D eigenvalue weighted by Crippen LogP contribution is -2.52. The second-order valence-electron chi connectivity index (χ2n) is 10.0. The van der Waals surface area contributed by atoms with E-state index in [0.717, 1.165) is 4.90 Å². The molecule has 3 N–H and O–H groups in total. The van der Waals surface area contributed by atoms with Crippen molar-refractivity contribution in [3.05, 3.63) is 72.2 Å². The van der Waals surface area contributed by atoms with Crippen LogP contribution in [0, 0.1) is 0 Å². The molecule has 13 nitrogen and oxygen atoms in total. The monoisotopic (exact) mass is 570 g/mol. The van der Waals surface area contributed by atoms with Crippen LogP contribution in [0.1, 0.15) is 42.9 Å². The molecule has 3 aromatic heterocycles. The largest absolute Gasteiger partial charge is 0.465 e. The number of pyridine rings is 2. The Morgan fingerprint density at radius 2 is 1.79 bits per heavy atom. The average molecular weight is 571 g/mol. The summed E-state index contributed by atoms with van der Waals surface area (Å²) in [6.07, 6.45) is 1.46. The van der Waals surface area contributed by atoms with Gasteiger partial charge in [0, 0.05) is 30.7 Å². The van der Waals surface area contributed by atoms with Gasteiger partial charge in [0.1, 0.15) is 24.0 Å². The molecule has 0 aliphatic carbocycles. The lowest BCUT2D eigenvalue weighted by atomic mass is 10.1. The molecule has 2 amide bonds. The van der Waals surface area contributed by atoms with E-state index in [0.29, 0.717) is 45.4 Å². The number of carbonyl (C=O) groups is 3. The van der Waals surface area contributed by atoms with Crippen LogP contribution < -0.4 is 15.5 Å². The van der Waals surface area contributed by atoms with E-state index >= 15 is 0 Å². The molecule has 1 unspecified atom stereocenters. The zero-order chi connectivity index (χ0) is 29.8. The third-order valence-electron chi connectivity index (χ3n) is 6.51. The van der Waals surface area contributed by atoms with Crippen LogP contribution in [0.3, 0.4) is 0 Å². The van der Waals surface area contributed by atoms with Crippen LogP contribution in [-0.4, -0.2) is 73.6 Å². The number of hydrogen-bond donors (Lipinski definition) is 3. The number of fused-ring (bicyclic) bond motifs is 1. The van der Waals surface area contributed by atoms with Gasteiger partial charge in [-0.2, -0.15) is 0 Å². The van der Waals surface area contributed by atoms with E-state index in [4.69, 9.17) is 14.8 Å². The van der Waals surface area contributed by atoms with E-state index in [1.54, 1.807) is 55.6 Å². The topological polar surface area (TPSA) is 163 Å². The summed E-state index contributed by atoms with van der Waals surface area (Å²) >= 11 is 0. The smallest absolute Gasteiger partial charge is 0.407 e. The van der Waals surface area contributed by atoms with Crippen LogP contribution in [0.25, 0.3) is 10.9 Å². The number of carbonyl (C=O) groups excluding carboxylic acids is 2. The molecule has 1 saturated heterocycles. The number of nitrogens with zero attached hydrogens (tertiary/aromatic N) is 6. The molecule has 4 heterocycles. The molecule has 1 fully saturated rings. The first-order valence-electron chi connectivity index (χ1n) is 13.4. The average Bonchev–Trinajstić information content (AvgIpc) is 2.97. The highest BCUT2D eigenvalue weighted by molar-refractivity contribution is 5.97. The number of aromatic nitrogens is 4. The Kier molecular flexibility index (Phi) is 8.09. The summed E-state index contributed by atoms with van der Waals surface area (Å²) in [7, 11) is 0. The number of ether oxygens (including phenoxy) is 1. The zero-order valence-electron chi connectivity index (χ0n) is 23.3. The second-order valence-corrected chi connectivity index (χ2v) is 10.0. The van der Waals surface area contributed by atoms with Crippen LogP contribution in [0.5, 0.6) is 0 Å². The SMILES string of the molecule is CC(C)Nc1nc(C(C)OC(=O)c2ccccc2)cc2cnc(Nc3ccc(N4CCN(C(=O)O)CC4=O)cn3)nc12. The minimum Gasteiger partial charge on any atom is -0.465 e. The maximum absolute atomic E-state index is 12.6. The summed E-state index contributed by atoms with van der Waals surface area (Å²) in [6.45, 7) is 6.01. The molecule has 1 aliphatic rings. The Labute approximate surface area is 241 Å². The van der Waals surface area contributed by atoms with E-state index in [2.05, 4.69) is 25.6 Å². The minimum absolute atomic E-state index is 0.0544. The van der Waals surface area contributed by atoms with Gasteiger partial charge in [0.25, 0.3) is 0 Å². The fraction of sp³-hybridized carbons (Fsp3) is 0.276. The summed E-state index contributed by atoms with van der Waals surface area (Å²) in [5, 5.41) is 16.2. The number of carboxylic acid groups (broad SMARTS) is 1. The molecule has 1 atom stereocenters. The molecular weight excluding hydrogens is 540 g/mol. The van der Waals surface area contributed by atoms with E-state index in [9.17, 15) is 14.4 Å². The van der Waals surface area contributed by atoms with Crippen molar-refractivity contribution in [2.75, 3.05) is 35.2 Å². The third kappa shape index (κ3) is 6.35. The van der Waals surface area contributed by atoms with Crippen molar-refractivity contribution in [1.82, 2.24) is 24.8 Å². The highest BCUT2D eigenvalue weighted by Gasteiger charge is 2.28. The Bertz CT molecular complexity index is 1610. The van der Waals surface area contributed by atoms with Crippen LogP contribution >= 0.6 is 0 Å². The van der Waals surface area contributed by atoms with Crippen molar-refractivity contribution in [3.8, 4) is 0 Å². The summed E-state index contributed by atoms with van der Waals surface area (Å²) in [4.78, 5) is 56.9. The summed E-state index contributed by atoms with van der Waals surface area (Å²) in [5.41, 5.74) is 2.15. The minimum atomic E-state index is -1.12. The first kappa shape index (κ1) is 28.2. The quantitative estimate of drug-likeness (QED) is 0.260. The van der Waals surface area contributed by atoms with Gasteiger partial charge in [-0.3, -0.25) is 9.69 Å². The molecule has 0 saturated carbocycles. The first-order valence-corrected chi connectivity index (χ1v) is 13.4. The van der Waals surface area contributed by atoms with Crippen molar-refractivity contribution < 1.29 is 24.2 Å². The van der Waals surface area contributed by atoms with Crippen molar-refractivity contribution >= 4 is 52.1 Å². The Morgan fingerprint density at radius 1 is 1.00 bits per heavy atom. The predicted octanol–water partition coefficient (Wildman–Crippen LogP) is 4.23. The number of rotatable bonds is 8. The molecule has 4 aromatic rings. The number of benzene rings is 1. The molecule has 0 radical (unpaired) electrons. The van der Waals surface area contributed by atoms with Gasteiger partial charge in [0.05, 0.1) is 23.1 Å². The standard InChI is InChI=1S/C29H30N8O5/c1-17(2)32-26-25-20(13-22(33-26)18(3)42-27(39)19-7-5-4-6-8-19)14-31-28(35-25)34-23-10-9-21(15-30-23)37-12-11-36(29(40)41)16-24(37)38/h4-10,13-15,17-18H,11-12,16H2,1-3H3,(H,32,33)(H,40,41)(H,30,31,34,35). The lowest BCUT2D eigenvalue weighted by molar-refractivity contribution is -0.120. The van der Waals surface area contributed by atoms with Crippen LogP contribution in [0.2, 0.25) is 0 Å². The third-order valence-corrected chi connectivity index (χ3v) is 6.51. The number of amides is 2. The van der Waals surface area contributed by atoms with Gasteiger partial charge in [-0.05, 0) is 51.1 Å².